The molecule has 0 saturated carbocycles. The molecule has 2 aromatic carbocycles. The predicted molar refractivity (Wildman–Crippen MR) is 105 cm³/mol. The summed E-state index contributed by atoms with van der Waals surface area (Å²) in [6.07, 6.45) is 0. The van der Waals surface area contributed by atoms with E-state index in [9.17, 15) is 27.7 Å². The van der Waals surface area contributed by atoms with Crippen LogP contribution in [-0.4, -0.2) is 57.0 Å². The van der Waals surface area contributed by atoms with Gasteiger partial charge in [0.05, 0.1) is 30.8 Å². The van der Waals surface area contributed by atoms with Crippen LogP contribution in [0, 0.1) is 15.9 Å². The van der Waals surface area contributed by atoms with Crippen LogP contribution in [0.1, 0.15) is 15.9 Å². The molecular weight excluding hydrogens is 435 g/mol. The smallest absolute Gasteiger partial charge is 0.338 e. The molecule has 12 heteroatoms. The molecule has 0 aromatic heterocycles. The van der Waals surface area contributed by atoms with Gasteiger partial charge in [-0.25, -0.2) is 17.6 Å². The zero-order chi connectivity index (χ0) is 22.6. The number of rotatable bonds is 7. The molecule has 1 saturated heterocycles. The molecule has 0 N–H and O–H groups in total. The van der Waals surface area contributed by atoms with Gasteiger partial charge in [-0.15, -0.1) is 0 Å². The summed E-state index contributed by atoms with van der Waals surface area (Å²) < 4.78 is 56.2. The largest absolute Gasteiger partial charge is 0.496 e. The molecule has 1 fully saturated rings. The van der Waals surface area contributed by atoms with Crippen LogP contribution < -0.4 is 4.74 Å². The van der Waals surface area contributed by atoms with Gasteiger partial charge in [-0.1, -0.05) is 0 Å². The maximum atomic E-state index is 14.3. The molecule has 0 unspecified atom stereocenters. The van der Waals surface area contributed by atoms with Crippen molar-refractivity contribution < 1.29 is 36.7 Å². The lowest BCUT2D eigenvalue weighted by Gasteiger charge is -2.26. The summed E-state index contributed by atoms with van der Waals surface area (Å²) in [5, 5.41) is 11.0. The van der Waals surface area contributed by atoms with Crippen molar-refractivity contribution in [1.29, 1.82) is 0 Å². The molecule has 0 aliphatic carbocycles. The van der Waals surface area contributed by atoms with Gasteiger partial charge < -0.3 is 14.2 Å². The van der Waals surface area contributed by atoms with Crippen LogP contribution in [0.3, 0.4) is 0 Å². The number of nitrogens with zero attached hydrogens (tertiary/aromatic N) is 2. The fraction of sp³-hybridized carbons (Fsp3) is 0.316. The van der Waals surface area contributed by atoms with E-state index in [4.69, 9.17) is 14.2 Å². The maximum Gasteiger partial charge on any atom is 0.338 e. The number of hydrogen-bond donors (Lipinski definition) is 0. The Morgan fingerprint density at radius 2 is 1.94 bits per heavy atom. The average molecular weight is 454 g/mol. The van der Waals surface area contributed by atoms with Gasteiger partial charge in [-0.2, -0.15) is 4.31 Å². The lowest BCUT2D eigenvalue weighted by atomic mass is 10.2. The van der Waals surface area contributed by atoms with Crippen molar-refractivity contribution in [2.24, 2.45) is 0 Å². The topological polar surface area (TPSA) is 125 Å². The molecule has 1 aliphatic heterocycles. The molecule has 166 valence electrons. The highest BCUT2D eigenvalue weighted by Gasteiger charge is 2.30. The van der Waals surface area contributed by atoms with Crippen molar-refractivity contribution in [3.05, 3.63) is 63.5 Å². The van der Waals surface area contributed by atoms with Crippen molar-refractivity contribution >= 4 is 21.7 Å². The first-order valence-corrected chi connectivity index (χ1v) is 10.5. The highest BCUT2D eigenvalue weighted by Crippen LogP contribution is 2.26. The quantitative estimate of drug-likeness (QED) is 0.354. The Morgan fingerprint density at radius 3 is 2.58 bits per heavy atom. The van der Waals surface area contributed by atoms with E-state index in [1.165, 1.54) is 25.3 Å². The molecule has 0 radical (unpaired) electrons. The molecular formula is C19H19FN2O8S. The van der Waals surface area contributed by atoms with Crippen molar-refractivity contribution in [3.63, 3.8) is 0 Å². The third-order valence-electron chi connectivity index (χ3n) is 4.59. The molecule has 1 heterocycles. The summed E-state index contributed by atoms with van der Waals surface area (Å²) in [4.78, 5) is 22.2. The first-order valence-electron chi connectivity index (χ1n) is 9.10. The van der Waals surface area contributed by atoms with Gasteiger partial charge >= 0.3 is 5.97 Å². The van der Waals surface area contributed by atoms with E-state index in [1.807, 2.05) is 0 Å². The number of nitro benzene ring substituents is 1. The number of benzene rings is 2. The van der Waals surface area contributed by atoms with E-state index in [-0.39, 0.29) is 55.5 Å². The Kier molecular flexibility index (Phi) is 6.83. The second-order valence-corrected chi connectivity index (χ2v) is 8.40. The first kappa shape index (κ1) is 22.6. The molecule has 0 bridgehead atoms. The summed E-state index contributed by atoms with van der Waals surface area (Å²) in [5.74, 6) is -1.65. The number of carbonyl (C=O) groups excluding carboxylic acids is 1. The summed E-state index contributed by atoms with van der Waals surface area (Å²) in [6, 6.07) is 6.69. The Bertz CT molecular complexity index is 1100. The van der Waals surface area contributed by atoms with Gasteiger partial charge in [0.25, 0.3) is 5.69 Å². The zero-order valence-corrected chi connectivity index (χ0v) is 17.3. The molecule has 2 aromatic rings. The van der Waals surface area contributed by atoms with E-state index in [2.05, 4.69) is 0 Å². The van der Waals surface area contributed by atoms with Crippen LogP contribution in [0.25, 0.3) is 0 Å². The zero-order valence-electron chi connectivity index (χ0n) is 16.4. The summed E-state index contributed by atoms with van der Waals surface area (Å²) in [7, 11) is -2.81. The van der Waals surface area contributed by atoms with Crippen molar-refractivity contribution in [2.75, 3.05) is 33.4 Å². The third kappa shape index (κ3) is 4.98. The Hall–Kier alpha value is -3.09. The number of methoxy groups -OCH3 is 1. The summed E-state index contributed by atoms with van der Waals surface area (Å²) in [6.45, 7) is 0.153. The van der Waals surface area contributed by atoms with Crippen molar-refractivity contribution in [1.82, 2.24) is 4.31 Å². The molecule has 1 aliphatic rings. The molecule has 0 atom stereocenters. The molecule has 0 amide bonds. The Morgan fingerprint density at radius 1 is 1.23 bits per heavy atom. The van der Waals surface area contributed by atoms with Crippen LogP contribution in [0.5, 0.6) is 5.75 Å². The summed E-state index contributed by atoms with van der Waals surface area (Å²) in [5.41, 5.74) is -0.154. The van der Waals surface area contributed by atoms with E-state index in [1.54, 1.807) is 0 Å². The standard InChI is InChI=1S/C19H19FN2O8S/c1-28-17-5-3-15(22(24)25)10-14(17)12-30-19(23)13-2-4-16(20)18(11-13)31(26,27)21-6-8-29-9-7-21/h2-5,10-11H,6-9,12H2,1H3. The van der Waals surface area contributed by atoms with Gasteiger partial charge in [0.15, 0.2) is 0 Å². The minimum absolute atomic E-state index is 0.0724. The Labute approximate surface area is 177 Å². The number of sulfonamides is 1. The maximum absolute atomic E-state index is 14.3. The summed E-state index contributed by atoms with van der Waals surface area (Å²) >= 11 is 0. The molecule has 31 heavy (non-hydrogen) atoms. The van der Waals surface area contributed by atoms with E-state index in [0.717, 1.165) is 22.5 Å². The lowest BCUT2D eigenvalue weighted by Crippen LogP contribution is -2.41. The number of hydrogen-bond acceptors (Lipinski definition) is 8. The number of carbonyl (C=O) groups is 1. The van der Waals surface area contributed by atoms with Gasteiger partial charge in [0, 0.05) is 30.8 Å². The number of esters is 1. The minimum atomic E-state index is -4.17. The first-order chi connectivity index (χ1) is 14.7. The second kappa shape index (κ2) is 9.37. The van der Waals surface area contributed by atoms with Gasteiger partial charge in [-0.05, 0) is 24.3 Å². The number of morpholine rings is 1. The van der Waals surface area contributed by atoms with Crippen LogP contribution in [0.15, 0.2) is 41.3 Å². The van der Waals surface area contributed by atoms with Gasteiger partial charge in [0.2, 0.25) is 10.0 Å². The fourth-order valence-corrected chi connectivity index (χ4v) is 4.47. The number of ether oxygens (including phenoxy) is 3. The molecule has 0 spiro atoms. The van der Waals surface area contributed by atoms with Crippen LogP contribution in [-0.2, 0) is 26.1 Å². The van der Waals surface area contributed by atoms with Crippen molar-refractivity contribution in [3.8, 4) is 5.75 Å². The number of halogens is 1. The van der Waals surface area contributed by atoms with Crippen LogP contribution in [0.2, 0.25) is 0 Å². The van der Waals surface area contributed by atoms with E-state index < -0.39 is 31.6 Å². The minimum Gasteiger partial charge on any atom is -0.496 e. The predicted octanol–water partition coefficient (Wildman–Crippen LogP) is 2.12. The molecule has 3 rings (SSSR count). The third-order valence-corrected chi connectivity index (χ3v) is 6.50. The van der Waals surface area contributed by atoms with E-state index in [0.29, 0.717) is 0 Å². The highest BCUT2D eigenvalue weighted by atomic mass is 32.2. The van der Waals surface area contributed by atoms with Crippen LogP contribution >= 0.6 is 0 Å². The van der Waals surface area contributed by atoms with Crippen LogP contribution in [0.4, 0.5) is 10.1 Å². The number of nitro groups is 1. The monoisotopic (exact) mass is 454 g/mol. The van der Waals surface area contributed by atoms with Crippen molar-refractivity contribution in [2.45, 2.75) is 11.5 Å². The highest BCUT2D eigenvalue weighted by molar-refractivity contribution is 7.89. The van der Waals surface area contributed by atoms with E-state index >= 15 is 0 Å². The fourth-order valence-electron chi connectivity index (χ4n) is 2.97. The second-order valence-electron chi connectivity index (χ2n) is 6.49. The van der Waals surface area contributed by atoms with Gasteiger partial charge in [0.1, 0.15) is 23.1 Å². The number of non-ortho nitro benzene ring substituents is 1. The Balaban J connectivity index is 1.81. The normalized spacial score (nSPS) is 14.8. The average Bonchev–Trinajstić information content (AvgIpc) is 2.77. The lowest BCUT2D eigenvalue weighted by molar-refractivity contribution is -0.385. The molecule has 10 nitrogen and oxygen atoms in total. The SMILES string of the molecule is COc1ccc([N+](=O)[O-])cc1COC(=O)c1ccc(F)c(S(=O)(=O)N2CCOCC2)c1. The van der Waals surface area contributed by atoms with Gasteiger partial charge in [-0.3, -0.25) is 10.1 Å².